The fourth-order valence-electron chi connectivity index (χ4n) is 0. The molecule has 0 aliphatic heterocycles. The van der Waals surface area contributed by atoms with E-state index in [2.05, 4.69) is 47.6 Å². The van der Waals surface area contributed by atoms with E-state index in [1.165, 1.54) is 0 Å². The molecule has 0 rings (SSSR count). The van der Waals surface area contributed by atoms with Crippen molar-refractivity contribution in [1.29, 1.82) is 0 Å². The zero-order valence-corrected chi connectivity index (χ0v) is 8.99. The zero-order valence-electron chi connectivity index (χ0n) is 2.45. The second-order valence-corrected chi connectivity index (χ2v) is 11.7. The third-order valence-electron chi connectivity index (χ3n) is 0.0967. The van der Waals surface area contributed by atoms with Gasteiger partial charge in [0.05, 0.1) is 0 Å². The van der Waals surface area contributed by atoms with E-state index >= 15 is 0 Å². The van der Waals surface area contributed by atoms with Crippen LogP contribution in [0.3, 0.4) is 0 Å². The molecule has 0 nitrogen and oxygen atoms in total. The molecular weight excluding hydrogens is 322 g/mol. The molecule has 0 heterocycles. The minimum absolute atomic E-state index is 0.537. The average molecular weight is 323 g/mol. The Morgan fingerprint density at radius 2 is 2.20 bits per heavy atom. The van der Waals surface area contributed by atoms with Gasteiger partial charge in [-0.3, -0.25) is 0 Å². The van der Waals surface area contributed by atoms with E-state index in [0.29, 0.717) is 5.36 Å². The van der Waals surface area contributed by atoms with Gasteiger partial charge in [0.1, 0.15) is 0 Å². The van der Waals surface area contributed by atoms with Crippen molar-refractivity contribution in [1.82, 2.24) is 0 Å². The molecule has 5 heavy (non-hydrogen) atoms. The molecule has 0 aromatic heterocycles. The van der Waals surface area contributed by atoms with Crippen LogP contribution < -0.4 is 0 Å². The molecule has 28 valence electrons. The first kappa shape index (κ1) is 7.41. The van der Waals surface area contributed by atoms with Gasteiger partial charge in [0, 0.05) is 0 Å². The fraction of sp³-hybridized carbons (Fsp3) is 0. The van der Waals surface area contributed by atoms with Gasteiger partial charge in [0.15, 0.2) is 0 Å². The van der Waals surface area contributed by atoms with Crippen molar-refractivity contribution < 1.29 is 0 Å². The van der Waals surface area contributed by atoms with Crippen LogP contribution in [-0.4, -0.2) is 18.7 Å². The quantitative estimate of drug-likeness (QED) is 0.351. The van der Waals surface area contributed by atoms with Crippen LogP contribution >= 0.6 is 43.6 Å². The molecule has 0 saturated heterocycles. The molecule has 0 spiro atoms. The Labute approximate surface area is 66.4 Å². The molecular formula is HAlBI2S-. The molecule has 5 heteroatoms. The Hall–Kier alpha value is 2.41. The summed E-state index contributed by atoms with van der Waals surface area (Å²) in [7, 11) is 0. The summed E-state index contributed by atoms with van der Waals surface area (Å²) in [5, 5.41) is 0.537. The summed E-state index contributed by atoms with van der Waals surface area (Å²) < 4.78 is 2.16. The van der Waals surface area contributed by atoms with E-state index in [9.17, 15) is 0 Å². The average Bonchev–Trinajstić information content (AvgIpc) is 1.38. The molecule has 0 atom stereocenters. The van der Waals surface area contributed by atoms with Gasteiger partial charge < -0.3 is 0 Å². The molecule has 0 radical (unpaired) electrons. The predicted octanol–water partition coefficient (Wildman–Crippen LogP) is 0.740. The van der Waals surface area contributed by atoms with Crippen LogP contribution in [0.15, 0.2) is 0 Å². The second-order valence-electron chi connectivity index (χ2n) is 0.454. The number of rotatable bonds is 0. The van der Waals surface area contributed by atoms with Crippen molar-refractivity contribution >= 4 is 67.6 Å². The van der Waals surface area contributed by atoms with Crippen LogP contribution in [0, 0.1) is 0 Å². The molecule has 0 fully saturated rings. The van der Waals surface area contributed by atoms with E-state index in [4.69, 9.17) is 0 Å². The minimum atomic E-state index is 0.537. The monoisotopic (exact) mass is 323 g/mol. The summed E-state index contributed by atoms with van der Waals surface area (Å²) in [6.45, 7) is 0. The Morgan fingerprint density at radius 1 is 2.00 bits per heavy atom. The Bertz CT molecular complexity index is 81.6. The van der Waals surface area contributed by atoms with Gasteiger partial charge in [-0.15, -0.1) is 0 Å². The molecule has 0 saturated carbocycles. The van der Waals surface area contributed by atoms with Gasteiger partial charge in [-0.05, 0) is 0 Å². The molecule has 0 aromatic rings. The van der Waals surface area contributed by atoms with Crippen LogP contribution in [0.25, 0.3) is 0 Å². The van der Waals surface area contributed by atoms with Crippen LogP contribution in [0.4, 0.5) is 0 Å². The van der Waals surface area contributed by atoms with Crippen molar-refractivity contribution in [2.24, 2.45) is 0 Å². The van der Waals surface area contributed by atoms with Gasteiger partial charge in [0.2, 0.25) is 0 Å². The van der Waals surface area contributed by atoms with Gasteiger partial charge in [-0.2, -0.15) is 0 Å². The van der Waals surface area contributed by atoms with Gasteiger partial charge >= 0.3 is 67.6 Å². The van der Waals surface area contributed by atoms with E-state index in [-0.39, 0.29) is 0 Å². The third-order valence-corrected chi connectivity index (χ3v) is 8.35. The van der Waals surface area contributed by atoms with E-state index in [1.54, 1.807) is 0 Å². The van der Waals surface area contributed by atoms with Crippen molar-refractivity contribution in [3.63, 3.8) is 0 Å². The standard InChI is InChI=1S/Al.BI2S.H/c;2-1-4-3;/q-2;+1;/i;3-2;. The van der Waals surface area contributed by atoms with Crippen molar-refractivity contribution in [3.8, 4) is 0 Å². The first-order chi connectivity index (χ1) is 2.27. The van der Waals surface area contributed by atoms with Crippen LogP contribution in [0.2, 0.25) is 0 Å². The van der Waals surface area contributed by atoms with Gasteiger partial charge in [0.25, 0.3) is 0 Å². The summed E-state index contributed by atoms with van der Waals surface area (Å²) in [4.78, 5) is 0. The first-order valence-electron chi connectivity index (χ1n) is 0.897. The summed E-state index contributed by atoms with van der Waals surface area (Å²) in [5.41, 5.74) is 0. The summed E-state index contributed by atoms with van der Waals surface area (Å²) in [6, 6.07) is 0. The molecule has 0 aromatic carbocycles. The topological polar surface area (TPSA) is 0 Å². The molecule has 0 aliphatic carbocycles. The zero-order chi connectivity index (χ0) is 4.28. The summed E-state index contributed by atoms with van der Waals surface area (Å²) in [6.07, 6.45) is 0. The van der Waals surface area contributed by atoms with Crippen LogP contribution in [0.5, 0.6) is 0 Å². The van der Waals surface area contributed by atoms with Gasteiger partial charge in [-0.25, -0.2) is 0 Å². The third kappa shape index (κ3) is 6.41. The molecule has 0 bridgehead atoms. The summed E-state index contributed by atoms with van der Waals surface area (Å²) in [5.74, 6) is 0. The molecule has 0 N–H and O–H groups in total. The fourth-order valence-corrected chi connectivity index (χ4v) is 0. The first-order valence-corrected chi connectivity index (χ1v) is 7.87. The van der Waals surface area contributed by atoms with Crippen molar-refractivity contribution in [3.05, 3.63) is 0 Å². The number of halogens is 2. The van der Waals surface area contributed by atoms with Gasteiger partial charge in [-0.1, -0.05) is 0 Å². The van der Waals surface area contributed by atoms with E-state index in [0.717, 1.165) is 0 Å². The summed E-state index contributed by atoms with van der Waals surface area (Å²) >= 11 is 6.65. The maximum atomic E-state index is 2.38. The van der Waals surface area contributed by atoms with Crippen LogP contribution in [-0.2, 0) is 5.36 Å². The maximum absolute atomic E-state index is 2.38. The van der Waals surface area contributed by atoms with E-state index < -0.39 is 0 Å². The molecule has 0 amide bonds. The predicted molar refractivity (Wildman–Crippen MR) is 48.3 cm³/mol. The normalized spacial score (nSPS) is 13.8. The number of hydrogen-bond acceptors (Lipinski definition) is 1. The van der Waals surface area contributed by atoms with Crippen molar-refractivity contribution in [2.45, 2.75) is 0 Å². The Balaban J connectivity index is 3.62. The van der Waals surface area contributed by atoms with Crippen LogP contribution in [0.1, 0.15) is 0 Å². The Morgan fingerprint density at radius 3 is 2.20 bits per heavy atom. The molecule has 0 aliphatic rings. The Kier molecular flexibility index (Phi) is 6.76. The van der Waals surface area contributed by atoms with E-state index in [1.807, 2.05) is 14.6 Å². The molecule has 0 unspecified atom stereocenters. The second kappa shape index (κ2) is 4.56. The van der Waals surface area contributed by atoms with Crippen molar-refractivity contribution in [2.75, 3.05) is 0 Å². The SMILES string of the molecule is [AlH]=[S-]([125I])=BI. The number of hydrogen-bond donors (Lipinski definition) is 0.